The molecule has 0 bridgehead atoms. The molecule has 0 amide bonds. The predicted molar refractivity (Wildman–Crippen MR) is 78.9 cm³/mol. The van der Waals surface area contributed by atoms with Gasteiger partial charge in [-0.1, -0.05) is 0 Å². The summed E-state index contributed by atoms with van der Waals surface area (Å²) in [6.45, 7) is 5.79. The molecule has 134 valence electrons. The van der Waals surface area contributed by atoms with E-state index >= 15 is 0 Å². The van der Waals surface area contributed by atoms with Crippen molar-refractivity contribution in [3.05, 3.63) is 0 Å². The molecule has 0 saturated carbocycles. The molecule has 0 aliphatic carbocycles. The second-order valence-corrected chi connectivity index (χ2v) is 4.08. The Morgan fingerprint density at radius 2 is 0.636 bits per heavy atom. The van der Waals surface area contributed by atoms with Gasteiger partial charge in [-0.3, -0.25) is 0 Å². The van der Waals surface area contributed by atoms with Crippen molar-refractivity contribution in [2.24, 2.45) is 0 Å². The highest BCUT2D eigenvalue weighted by atomic mass is 16.7. The Bertz CT molecular complexity index is 174. The molecule has 8 nitrogen and oxygen atoms in total. The number of methoxy groups -OCH3 is 2. The van der Waals surface area contributed by atoms with Crippen LogP contribution in [0.2, 0.25) is 0 Å². The van der Waals surface area contributed by atoms with Gasteiger partial charge in [-0.15, -0.1) is 0 Å². The van der Waals surface area contributed by atoms with E-state index in [1.807, 2.05) is 0 Å². The zero-order chi connectivity index (χ0) is 16.1. The van der Waals surface area contributed by atoms with Gasteiger partial charge in [0.25, 0.3) is 0 Å². The van der Waals surface area contributed by atoms with E-state index in [0.29, 0.717) is 66.1 Å². The van der Waals surface area contributed by atoms with Gasteiger partial charge in [-0.05, 0) is 0 Å². The van der Waals surface area contributed by atoms with Crippen molar-refractivity contribution in [2.45, 2.75) is 0 Å². The largest absolute Gasteiger partial charge is 0.382 e. The van der Waals surface area contributed by atoms with E-state index in [1.165, 1.54) is 0 Å². The van der Waals surface area contributed by atoms with Crippen molar-refractivity contribution >= 4 is 0 Å². The first-order chi connectivity index (χ1) is 10.9. The second-order valence-electron chi connectivity index (χ2n) is 4.08. The molecule has 0 atom stereocenters. The number of hydrogen-bond acceptors (Lipinski definition) is 8. The van der Waals surface area contributed by atoms with Crippen molar-refractivity contribution in [3.8, 4) is 0 Å². The molecule has 0 heterocycles. The average Bonchev–Trinajstić information content (AvgIpc) is 2.54. The van der Waals surface area contributed by atoms with Crippen LogP contribution in [0.3, 0.4) is 0 Å². The molecule has 0 saturated heterocycles. The molecule has 0 aromatic heterocycles. The van der Waals surface area contributed by atoms with Crippen LogP contribution in [0, 0.1) is 0 Å². The van der Waals surface area contributed by atoms with Crippen LogP contribution in [0.25, 0.3) is 0 Å². The van der Waals surface area contributed by atoms with Gasteiger partial charge in [0.1, 0.15) is 13.6 Å². The minimum absolute atomic E-state index is 0.257. The van der Waals surface area contributed by atoms with E-state index in [0.717, 1.165) is 0 Å². The topological polar surface area (TPSA) is 73.8 Å². The molecular formula is C14H30O8. The normalized spacial score (nSPS) is 11.2. The Morgan fingerprint density at radius 1 is 0.364 bits per heavy atom. The Kier molecular flexibility index (Phi) is 20.4. The maximum absolute atomic E-state index is 5.32. The quantitative estimate of drug-likeness (QED) is 0.248. The maximum Gasteiger partial charge on any atom is 0.146 e. The number of ether oxygens (including phenoxy) is 8. The van der Waals surface area contributed by atoms with Gasteiger partial charge in [0.2, 0.25) is 0 Å². The molecule has 0 spiro atoms. The Labute approximate surface area is 132 Å². The zero-order valence-electron chi connectivity index (χ0n) is 13.8. The van der Waals surface area contributed by atoms with Crippen LogP contribution in [0.1, 0.15) is 0 Å². The van der Waals surface area contributed by atoms with Crippen LogP contribution in [0.15, 0.2) is 0 Å². The van der Waals surface area contributed by atoms with E-state index in [4.69, 9.17) is 37.9 Å². The monoisotopic (exact) mass is 326 g/mol. The maximum atomic E-state index is 5.32. The average molecular weight is 326 g/mol. The highest BCUT2D eigenvalue weighted by Gasteiger charge is 1.93. The third-order valence-electron chi connectivity index (χ3n) is 2.31. The van der Waals surface area contributed by atoms with Gasteiger partial charge in [0, 0.05) is 14.2 Å². The fourth-order valence-electron chi connectivity index (χ4n) is 1.20. The molecule has 0 unspecified atom stereocenters. The molecule has 0 rings (SSSR count). The summed E-state index contributed by atoms with van der Waals surface area (Å²) in [5.74, 6) is 0. The van der Waals surface area contributed by atoms with E-state index < -0.39 is 0 Å². The van der Waals surface area contributed by atoms with Gasteiger partial charge >= 0.3 is 0 Å². The first kappa shape index (κ1) is 21.7. The van der Waals surface area contributed by atoms with Crippen molar-refractivity contribution in [2.75, 3.05) is 93.9 Å². The summed E-state index contributed by atoms with van der Waals surface area (Å²) in [6.07, 6.45) is 0. The molecule has 0 radical (unpaired) electrons. The molecular weight excluding hydrogens is 296 g/mol. The third-order valence-corrected chi connectivity index (χ3v) is 2.31. The van der Waals surface area contributed by atoms with Crippen molar-refractivity contribution in [1.82, 2.24) is 0 Å². The summed E-state index contributed by atoms with van der Waals surface area (Å²) >= 11 is 0. The summed E-state index contributed by atoms with van der Waals surface area (Å²) in [4.78, 5) is 0. The van der Waals surface area contributed by atoms with Gasteiger partial charge in [-0.2, -0.15) is 0 Å². The van der Waals surface area contributed by atoms with Crippen LogP contribution in [0.5, 0.6) is 0 Å². The second kappa shape index (κ2) is 20.7. The molecule has 0 fully saturated rings. The molecule has 0 aliphatic rings. The standard InChI is InChI=1S/C14H30O8/c1-15-3-5-19-13-21-11-9-17-7-8-18-10-12-22-14-20-6-4-16-2/h3-14H2,1-2H3. The van der Waals surface area contributed by atoms with Crippen LogP contribution in [0.4, 0.5) is 0 Å². The van der Waals surface area contributed by atoms with Gasteiger partial charge in [-0.25, -0.2) is 0 Å². The predicted octanol–water partition coefficient (Wildman–Crippen LogP) is 0.294. The first-order valence-corrected chi connectivity index (χ1v) is 7.36. The molecule has 22 heavy (non-hydrogen) atoms. The van der Waals surface area contributed by atoms with Crippen LogP contribution < -0.4 is 0 Å². The summed E-state index contributed by atoms with van der Waals surface area (Å²) < 4.78 is 41.0. The molecule has 0 aliphatic heterocycles. The fraction of sp³-hybridized carbons (Fsp3) is 1.00. The minimum atomic E-state index is 0.257. The summed E-state index contributed by atoms with van der Waals surface area (Å²) in [7, 11) is 3.26. The molecule has 0 aromatic carbocycles. The summed E-state index contributed by atoms with van der Waals surface area (Å²) in [5.41, 5.74) is 0. The van der Waals surface area contributed by atoms with E-state index in [2.05, 4.69) is 0 Å². The number of rotatable bonds is 19. The van der Waals surface area contributed by atoms with Crippen molar-refractivity contribution in [3.63, 3.8) is 0 Å². The molecule has 0 N–H and O–H groups in total. The molecule has 0 aromatic rings. The smallest absolute Gasteiger partial charge is 0.146 e. The van der Waals surface area contributed by atoms with Gasteiger partial charge < -0.3 is 37.9 Å². The lowest BCUT2D eigenvalue weighted by molar-refractivity contribution is -0.0878. The molecule has 8 heteroatoms. The zero-order valence-corrected chi connectivity index (χ0v) is 13.8. The van der Waals surface area contributed by atoms with Crippen LogP contribution in [-0.4, -0.2) is 93.9 Å². The first-order valence-electron chi connectivity index (χ1n) is 7.36. The highest BCUT2D eigenvalue weighted by molar-refractivity contribution is 4.33. The van der Waals surface area contributed by atoms with E-state index in [1.54, 1.807) is 14.2 Å². The van der Waals surface area contributed by atoms with Crippen molar-refractivity contribution < 1.29 is 37.9 Å². The van der Waals surface area contributed by atoms with E-state index in [9.17, 15) is 0 Å². The van der Waals surface area contributed by atoms with E-state index in [-0.39, 0.29) is 13.6 Å². The Hall–Kier alpha value is -0.320. The number of hydrogen-bond donors (Lipinski definition) is 0. The van der Waals surface area contributed by atoms with Crippen LogP contribution >= 0.6 is 0 Å². The van der Waals surface area contributed by atoms with Gasteiger partial charge in [0.05, 0.1) is 66.1 Å². The summed E-state index contributed by atoms with van der Waals surface area (Å²) in [5, 5.41) is 0. The fourth-order valence-corrected chi connectivity index (χ4v) is 1.20. The third kappa shape index (κ3) is 19.7. The van der Waals surface area contributed by atoms with Crippen LogP contribution in [-0.2, 0) is 37.9 Å². The SMILES string of the molecule is COCCOCOCCOCCOCCOCOCCOC. The van der Waals surface area contributed by atoms with Gasteiger partial charge in [0.15, 0.2) is 0 Å². The Morgan fingerprint density at radius 3 is 0.955 bits per heavy atom. The van der Waals surface area contributed by atoms with Crippen molar-refractivity contribution in [1.29, 1.82) is 0 Å². The Balaban J connectivity index is 2.91. The highest BCUT2D eigenvalue weighted by Crippen LogP contribution is 1.84. The lowest BCUT2D eigenvalue weighted by atomic mass is 10.7. The minimum Gasteiger partial charge on any atom is -0.382 e. The summed E-state index contributed by atoms with van der Waals surface area (Å²) in [6, 6.07) is 0. The lowest BCUT2D eigenvalue weighted by Crippen LogP contribution is -2.14. The lowest BCUT2D eigenvalue weighted by Gasteiger charge is -2.08.